The van der Waals surface area contributed by atoms with Crippen LogP contribution in [0, 0.1) is 22.2 Å². The minimum Gasteiger partial charge on any atom is -0.489 e. The SMILES string of the molecule is CC1(C)C(NC(=O)c2ccc(N3CCN(CCCCNc4ccc5c(c4)C(=O)N(C4CCC(=O)NC4=O)C5=O)CC3)cc2)C(C)(C)C1Oc1ccc(C#N)c(Cl)c1. The summed E-state index contributed by atoms with van der Waals surface area (Å²) in [7, 11) is 0. The van der Waals surface area contributed by atoms with Crippen molar-refractivity contribution < 1.29 is 28.7 Å². The van der Waals surface area contributed by atoms with Gasteiger partial charge >= 0.3 is 0 Å². The Labute approximate surface area is 337 Å². The summed E-state index contributed by atoms with van der Waals surface area (Å²) in [6.07, 6.45) is 1.94. The summed E-state index contributed by atoms with van der Waals surface area (Å²) in [5.41, 5.74) is 2.65. The van der Waals surface area contributed by atoms with Crippen molar-refractivity contribution in [2.45, 2.75) is 71.6 Å². The van der Waals surface area contributed by atoms with Gasteiger partial charge in [-0.3, -0.25) is 39.1 Å². The lowest BCUT2D eigenvalue weighted by Crippen LogP contribution is -2.74. The Hall–Kier alpha value is -5.45. The van der Waals surface area contributed by atoms with E-state index < -0.39 is 29.7 Å². The third-order valence-electron chi connectivity index (χ3n) is 12.0. The highest BCUT2D eigenvalue weighted by atomic mass is 35.5. The molecule has 7 rings (SSSR count). The molecule has 4 aliphatic rings. The van der Waals surface area contributed by atoms with Crippen LogP contribution in [-0.4, -0.2) is 96.8 Å². The Morgan fingerprint density at radius 3 is 2.28 bits per heavy atom. The van der Waals surface area contributed by atoms with Crippen molar-refractivity contribution in [1.29, 1.82) is 5.26 Å². The van der Waals surface area contributed by atoms with Gasteiger partial charge in [0.1, 0.15) is 24.0 Å². The molecule has 2 saturated heterocycles. The monoisotopic (exact) mass is 793 g/mol. The Kier molecular flexibility index (Phi) is 11.0. The predicted octanol–water partition coefficient (Wildman–Crippen LogP) is 5.24. The minimum absolute atomic E-state index is 0.0841. The Morgan fingerprint density at radius 1 is 0.912 bits per heavy atom. The molecule has 3 aliphatic heterocycles. The molecule has 0 aromatic heterocycles. The van der Waals surface area contributed by atoms with Gasteiger partial charge in [0.05, 0.1) is 21.7 Å². The standard InChI is InChI=1S/C43H48ClN7O6/c1-42(2)40(43(3,4)41(42)57-30-13-9-27(25-45)33(44)24-30)48-36(53)26-7-11-29(12-8-26)50-21-19-49(20-22-50)18-6-5-17-46-28-10-14-31-32(23-28)39(56)51(38(31)55)34-15-16-35(52)47-37(34)54/h7-14,23-24,34,40-41,46H,5-6,15-22H2,1-4H3,(H,48,53)(H,47,52,54). The summed E-state index contributed by atoms with van der Waals surface area (Å²) in [4.78, 5) is 69.2. The fourth-order valence-electron chi connectivity index (χ4n) is 9.14. The van der Waals surface area contributed by atoms with Gasteiger partial charge in [-0.1, -0.05) is 39.3 Å². The van der Waals surface area contributed by atoms with Crippen molar-refractivity contribution in [1.82, 2.24) is 20.4 Å². The molecular weight excluding hydrogens is 746 g/mol. The van der Waals surface area contributed by atoms with Gasteiger partial charge < -0.3 is 20.3 Å². The lowest BCUT2D eigenvalue weighted by molar-refractivity contribution is -0.164. The van der Waals surface area contributed by atoms with Crippen molar-refractivity contribution in [2.75, 3.05) is 49.5 Å². The number of benzene rings is 3. The number of imide groups is 2. The van der Waals surface area contributed by atoms with Gasteiger partial charge in [0.2, 0.25) is 11.8 Å². The Bertz CT molecular complexity index is 2120. The van der Waals surface area contributed by atoms with Crippen LogP contribution in [-0.2, 0) is 9.59 Å². The first-order valence-electron chi connectivity index (χ1n) is 19.5. The summed E-state index contributed by atoms with van der Waals surface area (Å²) < 4.78 is 6.37. The van der Waals surface area contributed by atoms with E-state index in [2.05, 4.69) is 59.5 Å². The quantitative estimate of drug-likeness (QED) is 0.163. The normalized spacial score (nSPS) is 22.6. The number of hydrogen-bond acceptors (Lipinski definition) is 10. The number of carbonyl (C=O) groups excluding carboxylic acids is 5. The number of ether oxygens (including phenoxy) is 1. The summed E-state index contributed by atoms with van der Waals surface area (Å²) in [5, 5.41) is 18.4. The van der Waals surface area contributed by atoms with Crippen LogP contribution in [0.15, 0.2) is 60.7 Å². The number of nitrogens with zero attached hydrogens (tertiary/aromatic N) is 4. The maximum atomic E-state index is 13.4. The van der Waals surface area contributed by atoms with E-state index in [-0.39, 0.29) is 52.9 Å². The number of unbranched alkanes of at least 4 members (excludes halogenated alkanes) is 1. The average Bonchev–Trinajstić information content (AvgIpc) is 3.43. The molecule has 3 aromatic carbocycles. The van der Waals surface area contributed by atoms with Gasteiger partial charge in [0, 0.05) is 79.0 Å². The van der Waals surface area contributed by atoms with E-state index in [0.29, 0.717) is 28.4 Å². The van der Waals surface area contributed by atoms with E-state index >= 15 is 0 Å². The van der Waals surface area contributed by atoms with Crippen molar-refractivity contribution in [3.63, 3.8) is 0 Å². The third-order valence-corrected chi connectivity index (χ3v) is 12.3. The number of nitriles is 1. The molecule has 1 atom stereocenters. The van der Waals surface area contributed by atoms with Crippen LogP contribution in [0.2, 0.25) is 5.02 Å². The van der Waals surface area contributed by atoms with Gasteiger partial charge in [-0.05, 0) is 80.4 Å². The number of rotatable bonds is 12. The summed E-state index contributed by atoms with van der Waals surface area (Å²) in [6.45, 7) is 13.7. The average molecular weight is 794 g/mol. The molecule has 1 unspecified atom stereocenters. The van der Waals surface area contributed by atoms with Gasteiger partial charge in [-0.2, -0.15) is 5.26 Å². The molecular formula is C43H48ClN7O6. The van der Waals surface area contributed by atoms with Crippen LogP contribution in [0.25, 0.3) is 0 Å². The highest BCUT2D eigenvalue weighted by Crippen LogP contribution is 2.55. The van der Waals surface area contributed by atoms with E-state index in [1.165, 1.54) is 0 Å². The number of halogens is 1. The van der Waals surface area contributed by atoms with Crippen molar-refractivity contribution in [2.24, 2.45) is 10.8 Å². The molecule has 57 heavy (non-hydrogen) atoms. The molecule has 298 valence electrons. The van der Waals surface area contributed by atoms with Crippen molar-refractivity contribution in [3.8, 4) is 11.8 Å². The predicted molar refractivity (Wildman–Crippen MR) is 215 cm³/mol. The summed E-state index contributed by atoms with van der Waals surface area (Å²) in [5.74, 6) is -1.57. The molecule has 5 amide bonds. The van der Waals surface area contributed by atoms with E-state index in [1.54, 1.807) is 36.4 Å². The molecule has 3 fully saturated rings. The molecule has 1 saturated carbocycles. The van der Waals surface area contributed by atoms with E-state index in [4.69, 9.17) is 16.3 Å². The topological polar surface area (TPSA) is 164 Å². The minimum atomic E-state index is -0.980. The van der Waals surface area contributed by atoms with Crippen LogP contribution >= 0.6 is 11.6 Å². The number of carbonyl (C=O) groups is 5. The van der Waals surface area contributed by atoms with E-state index in [9.17, 15) is 29.2 Å². The van der Waals surface area contributed by atoms with Crippen LogP contribution < -0.4 is 25.6 Å². The maximum Gasteiger partial charge on any atom is 0.262 e. The van der Waals surface area contributed by atoms with Gasteiger partial charge in [-0.15, -0.1) is 0 Å². The van der Waals surface area contributed by atoms with Crippen LogP contribution in [0.4, 0.5) is 11.4 Å². The van der Waals surface area contributed by atoms with Crippen LogP contribution in [0.5, 0.6) is 5.75 Å². The molecule has 3 heterocycles. The zero-order valence-electron chi connectivity index (χ0n) is 32.7. The van der Waals surface area contributed by atoms with Gasteiger partial charge in [0.25, 0.3) is 17.7 Å². The van der Waals surface area contributed by atoms with Crippen LogP contribution in [0.1, 0.15) is 90.0 Å². The molecule has 0 spiro atoms. The Morgan fingerprint density at radius 2 is 1.61 bits per heavy atom. The fraction of sp³-hybridized carbons (Fsp3) is 0.442. The lowest BCUT2D eigenvalue weighted by atomic mass is 9.49. The molecule has 3 N–H and O–H groups in total. The molecule has 14 heteroatoms. The molecule has 13 nitrogen and oxygen atoms in total. The Balaban J connectivity index is 0.826. The number of piperazine rings is 1. The molecule has 3 aromatic rings. The zero-order valence-corrected chi connectivity index (χ0v) is 33.4. The first-order chi connectivity index (χ1) is 27.2. The maximum absolute atomic E-state index is 13.4. The van der Waals surface area contributed by atoms with Crippen LogP contribution in [0.3, 0.4) is 0 Å². The number of hydrogen-bond donors (Lipinski definition) is 3. The second-order valence-corrected chi connectivity index (χ2v) is 16.9. The molecule has 0 radical (unpaired) electrons. The van der Waals surface area contributed by atoms with Gasteiger partial charge in [-0.25, -0.2) is 0 Å². The van der Waals surface area contributed by atoms with Crippen molar-refractivity contribution in [3.05, 3.63) is 87.9 Å². The molecule has 1 aliphatic carbocycles. The lowest BCUT2D eigenvalue weighted by Gasteiger charge is -2.63. The largest absolute Gasteiger partial charge is 0.489 e. The second-order valence-electron chi connectivity index (χ2n) is 16.5. The van der Waals surface area contributed by atoms with E-state index in [0.717, 1.165) is 61.8 Å². The number of amides is 5. The number of nitrogens with one attached hydrogen (secondary N) is 3. The smallest absolute Gasteiger partial charge is 0.262 e. The zero-order chi connectivity index (χ0) is 40.6. The number of anilines is 2. The van der Waals surface area contributed by atoms with Crippen molar-refractivity contribution >= 4 is 52.5 Å². The number of piperidine rings is 1. The van der Waals surface area contributed by atoms with Gasteiger partial charge in [0.15, 0.2) is 0 Å². The second kappa shape index (κ2) is 15.8. The number of fused-ring (bicyclic) bond motifs is 1. The first kappa shape index (κ1) is 39.8. The first-order valence-corrected chi connectivity index (χ1v) is 19.9. The third kappa shape index (κ3) is 7.81. The summed E-state index contributed by atoms with van der Waals surface area (Å²) in [6, 6.07) is 18.9. The highest BCUT2D eigenvalue weighted by molar-refractivity contribution is 6.31. The highest BCUT2D eigenvalue weighted by Gasteiger charge is 2.64. The molecule has 0 bridgehead atoms. The fourth-order valence-corrected chi connectivity index (χ4v) is 9.35. The summed E-state index contributed by atoms with van der Waals surface area (Å²) >= 11 is 6.24. The van der Waals surface area contributed by atoms with E-state index in [1.807, 2.05) is 24.3 Å².